The number of hydrogen-bond donors (Lipinski definition) is 1. The van der Waals surface area contributed by atoms with E-state index in [1.165, 1.54) is 0 Å². The minimum absolute atomic E-state index is 0.0602. The molecule has 1 aliphatic heterocycles. The van der Waals surface area contributed by atoms with E-state index >= 15 is 0 Å². The normalized spacial score (nSPS) is 16.3. The summed E-state index contributed by atoms with van der Waals surface area (Å²) in [5.74, 6) is 1.09. The summed E-state index contributed by atoms with van der Waals surface area (Å²) < 4.78 is 11.1. The molecular formula is C20H18N4O3. The first-order chi connectivity index (χ1) is 13.2. The number of likely N-dealkylation sites (tertiary alicyclic amines) is 1. The summed E-state index contributed by atoms with van der Waals surface area (Å²) in [4.78, 5) is 21.9. The molecule has 1 amide bonds. The van der Waals surface area contributed by atoms with Crippen molar-refractivity contribution < 1.29 is 14.3 Å². The molecule has 1 unspecified atom stereocenters. The van der Waals surface area contributed by atoms with Gasteiger partial charge < -0.3 is 19.4 Å². The van der Waals surface area contributed by atoms with E-state index in [4.69, 9.17) is 14.7 Å². The number of aromatic amines is 1. The second kappa shape index (κ2) is 7.00. The van der Waals surface area contributed by atoms with Gasteiger partial charge in [0.15, 0.2) is 0 Å². The van der Waals surface area contributed by atoms with Gasteiger partial charge in [-0.3, -0.25) is 4.79 Å². The van der Waals surface area contributed by atoms with E-state index < -0.39 is 0 Å². The van der Waals surface area contributed by atoms with Crippen molar-refractivity contribution in [1.29, 1.82) is 5.26 Å². The second-order valence-electron chi connectivity index (χ2n) is 6.41. The summed E-state index contributed by atoms with van der Waals surface area (Å²) in [5.41, 5.74) is 1.91. The van der Waals surface area contributed by atoms with E-state index in [0.29, 0.717) is 30.2 Å². The van der Waals surface area contributed by atoms with Crippen LogP contribution in [-0.2, 0) is 0 Å². The van der Waals surface area contributed by atoms with Crippen LogP contribution in [0.5, 0.6) is 11.6 Å². The zero-order chi connectivity index (χ0) is 18.8. The standard InChI is InChI=1S/C20H18N4O3/c1-26-15-3-2-14-9-18(23-17(14)10-15)20(25)24-7-5-16(12-24)27-19-8-13(11-21)4-6-22-19/h2-4,6,8-10,16,23H,5,7,12H2,1H3. The van der Waals surface area contributed by atoms with Gasteiger partial charge in [0, 0.05) is 42.2 Å². The van der Waals surface area contributed by atoms with Crippen LogP contribution in [0, 0.1) is 11.3 Å². The molecule has 0 aliphatic carbocycles. The van der Waals surface area contributed by atoms with Crippen molar-refractivity contribution in [2.45, 2.75) is 12.5 Å². The van der Waals surface area contributed by atoms with Crippen molar-refractivity contribution in [3.63, 3.8) is 0 Å². The Balaban J connectivity index is 1.45. The number of carbonyl (C=O) groups excluding carboxylic acids is 1. The van der Waals surface area contributed by atoms with Crippen LogP contribution >= 0.6 is 0 Å². The van der Waals surface area contributed by atoms with Crippen molar-refractivity contribution in [1.82, 2.24) is 14.9 Å². The first kappa shape index (κ1) is 16.9. The van der Waals surface area contributed by atoms with Crippen LogP contribution in [0.3, 0.4) is 0 Å². The first-order valence-corrected chi connectivity index (χ1v) is 8.65. The maximum absolute atomic E-state index is 12.8. The highest BCUT2D eigenvalue weighted by Crippen LogP contribution is 2.24. The fraction of sp³-hybridized carbons (Fsp3) is 0.250. The molecule has 1 aromatic carbocycles. The lowest BCUT2D eigenvalue weighted by Crippen LogP contribution is -2.31. The predicted molar refractivity (Wildman–Crippen MR) is 98.7 cm³/mol. The fourth-order valence-corrected chi connectivity index (χ4v) is 3.24. The molecule has 3 heterocycles. The molecule has 136 valence electrons. The molecule has 7 heteroatoms. The summed E-state index contributed by atoms with van der Waals surface area (Å²) in [6.07, 6.45) is 2.13. The smallest absolute Gasteiger partial charge is 0.270 e. The third-order valence-corrected chi connectivity index (χ3v) is 4.64. The van der Waals surface area contributed by atoms with Gasteiger partial charge in [0.05, 0.1) is 25.3 Å². The number of rotatable bonds is 4. The lowest BCUT2D eigenvalue weighted by molar-refractivity contribution is 0.0766. The van der Waals surface area contributed by atoms with Crippen LogP contribution in [0.1, 0.15) is 22.5 Å². The number of fused-ring (bicyclic) bond motifs is 1. The Morgan fingerprint density at radius 2 is 2.22 bits per heavy atom. The van der Waals surface area contributed by atoms with Crippen LogP contribution in [0.4, 0.5) is 0 Å². The molecular weight excluding hydrogens is 344 g/mol. The van der Waals surface area contributed by atoms with E-state index in [1.54, 1.807) is 30.3 Å². The number of nitrogens with zero attached hydrogens (tertiary/aromatic N) is 3. The van der Waals surface area contributed by atoms with Crippen LogP contribution in [-0.4, -0.2) is 47.1 Å². The van der Waals surface area contributed by atoms with E-state index in [2.05, 4.69) is 16.0 Å². The van der Waals surface area contributed by atoms with Gasteiger partial charge in [-0.1, -0.05) is 0 Å². The number of amides is 1. The minimum atomic E-state index is -0.139. The monoisotopic (exact) mass is 362 g/mol. The molecule has 0 saturated carbocycles. The Hall–Kier alpha value is -3.53. The summed E-state index contributed by atoms with van der Waals surface area (Å²) in [7, 11) is 1.61. The number of hydrogen-bond acceptors (Lipinski definition) is 5. The predicted octanol–water partition coefficient (Wildman–Crippen LogP) is 2.74. The van der Waals surface area contributed by atoms with Crippen LogP contribution in [0.15, 0.2) is 42.6 Å². The highest BCUT2D eigenvalue weighted by Gasteiger charge is 2.29. The maximum atomic E-state index is 12.8. The summed E-state index contributed by atoms with van der Waals surface area (Å²) in [6, 6.07) is 12.8. The van der Waals surface area contributed by atoms with Crippen molar-refractivity contribution in [3.8, 4) is 17.7 Å². The number of methoxy groups -OCH3 is 1. The first-order valence-electron chi connectivity index (χ1n) is 8.65. The molecule has 2 aromatic heterocycles. The van der Waals surface area contributed by atoms with E-state index in [-0.39, 0.29) is 12.0 Å². The molecule has 4 rings (SSSR count). The zero-order valence-electron chi connectivity index (χ0n) is 14.8. The SMILES string of the molecule is COc1ccc2cc(C(=O)N3CCC(Oc4cc(C#N)ccn4)C3)[nH]c2c1. The van der Waals surface area contributed by atoms with Crippen molar-refractivity contribution >= 4 is 16.8 Å². The molecule has 0 bridgehead atoms. The number of nitriles is 1. The van der Waals surface area contributed by atoms with Crippen molar-refractivity contribution in [2.75, 3.05) is 20.2 Å². The molecule has 1 aliphatic rings. The van der Waals surface area contributed by atoms with Crippen LogP contribution < -0.4 is 9.47 Å². The highest BCUT2D eigenvalue weighted by molar-refractivity contribution is 5.98. The largest absolute Gasteiger partial charge is 0.497 e. The third kappa shape index (κ3) is 3.42. The summed E-state index contributed by atoms with van der Waals surface area (Å²) in [5, 5.41) is 9.92. The maximum Gasteiger partial charge on any atom is 0.270 e. The lowest BCUT2D eigenvalue weighted by atomic mass is 10.2. The number of nitrogens with one attached hydrogen (secondary N) is 1. The fourth-order valence-electron chi connectivity index (χ4n) is 3.24. The van der Waals surface area contributed by atoms with Gasteiger partial charge in [-0.05, 0) is 24.3 Å². The van der Waals surface area contributed by atoms with Gasteiger partial charge in [-0.2, -0.15) is 5.26 Å². The van der Waals surface area contributed by atoms with Crippen molar-refractivity contribution in [3.05, 3.63) is 53.9 Å². The quantitative estimate of drug-likeness (QED) is 0.770. The molecule has 27 heavy (non-hydrogen) atoms. The molecule has 1 saturated heterocycles. The van der Waals surface area contributed by atoms with Gasteiger partial charge in [-0.15, -0.1) is 0 Å². The van der Waals surface area contributed by atoms with E-state index in [1.807, 2.05) is 24.3 Å². The molecule has 1 atom stereocenters. The van der Waals surface area contributed by atoms with Gasteiger partial charge >= 0.3 is 0 Å². The van der Waals surface area contributed by atoms with E-state index in [0.717, 1.165) is 23.1 Å². The molecule has 0 spiro atoms. The number of ether oxygens (including phenoxy) is 2. The number of H-pyrrole nitrogens is 1. The third-order valence-electron chi connectivity index (χ3n) is 4.64. The molecule has 7 nitrogen and oxygen atoms in total. The number of pyridine rings is 1. The number of carbonyl (C=O) groups is 1. The molecule has 0 radical (unpaired) electrons. The number of benzene rings is 1. The average molecular weight is 362 g/mol. The van der Waals surface area contributed by atoms with Gasteiger partial charge in [0.25, 0.3) is 5.91 Å². The van der Waals surface area contributed by atoms with Gasteiger partial charge in [0.2, 0.25) is 5.88 Å². The van der Waals surface area contributed by atoms with Crippen molar-refractivity contribution in [2.24, 2.45) is 0 Å². The summed E-state index contributed by atoms with van der Waals surface area (Å²) >= 11 is 0. The molecule has 1 N–H and O–H groups in total. The molecule has 3 aromatic rings. The van der Waals surface area contributed by atoms with Gasteiger partial charge in [-0.25, -0.2) is 4.98 Å². The Bertz CT molecular complexity index is 1040. The van der Waals surface area contributed by atoms with Crippen LogP contribution in [0.2, 0.25) is 0 Å². The number of aromatic nitrogens is 2. The molecule has 1 fully saturated rings. The van der Waals surface area contributed by atoms with E-state index in [9.17, 15) is 4.79 Å². The minimum Gasteiger partial charge on any atom is -0.497 e. The van der Waals surface area contributed by atoms with Gasteiger partial charge in [0.1, 0.15) is 17.5 Å². The highest BCUT2D eigenvalue weighted by atomic mass is 16.5. The zero-order valence-corrected chi connectivity index (χ0v) is 14.8. The average Bonchev–Trinajstić information content (AvgIpc) is 3.33. The summed E-state index contributed by atoms with van der Waals surface area (Å²) in [6.45, 7) is 1.09. The van der Waals surface area contributed by atoms with Crippen LogP contribution in [0.25, 0.3) is 10.9 Å². The Labute approximate surface area is 156 Å². The lowest BCUT2D eigenvalue weighted by Gasteiger charge is -2.16. The topological polar surface area (TPSA) is 91.2 Å². The second-order valence-corrected chi connectivity index (χ2v) is 6.41. The Kier molecular flexibility index (Phi) is 4.38. The Morgan fingerprint density at radius 3 is 3.04 bits per heavy atom. The Morgan fingerprint density at radius 1 is 1.33 bits per heavy atom.